The summed E-state index contributed by atoms with van der Waals surface area (Å²) in [6.45, 7) is 0.756. The third kappa shape index (κ3) is 4.69. The van der Waals surface area contributed by atoms with Crippen molar-refractivity contribution in [1.29, 1.82) is 0 Å². The van der Waals surface area contributed by atoms with Crippen molar-refractivity contribution in [3.63, 3.8) is 0 Å². The minimum atomic E-state index is -2.78. The highest BCUT2D eigenvalue weighted by Crippen LogP contribution is 2.46. The number of amides is 1. The van der Waals surface area contributed by atoms with Gasteiger partial charge in [-0.05, 0) is 43.7 Å². The molecule has 2 aromatic heterocycles. The van der Waals surface area contributed by atoms with Crippen LogP contribution in [0.5, 0.6) is 0 Å². The summed E-state index contributed by atoms with van der Waals surface area (Å²) in [5.41, 5.74) is 0.131. The van der Waals surface area contributed by atoms with Crippen molar-refractivity contribution in [2.24, 2.45) is 5.92 Å². The summed E-state index contributed by atoms with van der Waals surface area (Å²) in [6.07, 6.45) is 5.76. The Hall–Kier alpha value is -3.07. The van der Waals surface area contributed by atoms with E-state index >= 15 is 0 Å². The Morgan fingerprint density at radius 2 is 1.78 bits per heavy atom. The Morgan fingerprint density at radius 3 is 2.49 bits per heavy atom. The third-order valence-electron chi connectivity index (χ3n) is 8.48. The first-order valence-corrected chi connectivity index (χ1v) is 13.2. The molecule has 196 valence electrons. The minimum Gasteiger partial charge on any atom is -0.388 e. The number of benzene rings is 1. The molecule has 0 bridgehead atoms. The zero-order chi connectivity index (χ0) is 25.8. The summed E-state index contributed by atoms with van der Waals surface area (Å²) in [6, 6.07) is 11.3. The second-order valence-electron chi connectivity index (χ2n) is 11.1. The van der Waals surface area contributed by atoms with E-state index in [1.807, 2.05) is 41.1 Å². The predicted molar refractivity (Wildman–Crippen MR) is 134 cm³/mol. The van der Waals surface area contributed by atoms with Gasteiger partial charge in [-0.1, -0.05) is 30.3 Å². The average molecular weight is 511 g/mol. The Balaban J connectivity index is 1.14. The van der Waals surface area contributed by atoms with E-state index < -0.39 is 23.4 Å². The molecule has 3 aromatic rings. The van der Waals surface area contributed by atoms with Gasteiger partial charge in [0.15, 0.2) is 0 Å². The maximum Gasteiger partial charge on any atom is 0.262 e. The fraction of sp³-hybridized carbons (Fsp3) is 0.536. The van der Waals surface area contributed by atoms with Gasteiger partial charge in [-0.2, -0.15) is 0 Å². The van der Waals surface area contributed by atoms with E-state index in [0.29, 0.717) is 43.0 Å². The topological polar surface area (TPSA) is 80.4 Å². The van der Waals surface area contributed by atoms with Crippen molar-refractivity contribution < 1.29 is 18.7 Å². The largest absolute Gasteiger partial charge is 0.388 e. The van der Waals surface area contributed by atoms with Gasteiger partial charge in [0.1, 0.15) is 12.0 Å². The number of piperidine rings is 1. The van der Waals surface area contributed by atoms with Gasteiger partial charge in [-0.25, -0.2) is 13.8 Å². The fourth-order valence-electron chi connectivity index (χ4n) is 6.17. The number of alkyl halides is 2. The molecule has 1 saturated heterocycles. The Kier molecular flexibility index (Phi) is 5.93. The summed E-state index contributed by atoms with van der Waals surface area (Å²) in [5.74, 6) is -3.93. The van der Waals surface area contributed by atoms with E-state index in [1.54, 1.807) is 11.0 Å². The van der Waals surface area contributed by atoms with Gasteiger partial charge in [0, 0.05) is 50.0 Å². The number of carbonyl (C=O) groups is 1. The number of aromatic nitrogens is 3. The monoisotopic (exact) mass is 510 g/mol. The zero-order valence-electron chi connectivity index (χ0n) is 20.7. The minimum absolute atomic E-state index is 0.105. The molecule has 1 amide bonds. The normalized spacial score (nSPS) is 25.3. The summed E-state index contributed by atoms with van der Waals surface area (Å²) >= 11 is 0. The molecule has 2 aliphatic carbocycles. The van der Waals surface area contributed by atoms with Gasteiger partial charge in [-0.15, -0.1) is 0 Å². The van der Waals surface area contributed by atoms with E-state index in [2.05, 4.69) is 4.98 Å². The molecule has 3 heterocycles. The van der Waals surface area contributed by atoms with Crippen molar-refractivity contribution in [3.05, 3.63) is 64.8 Å². The van der Waals surface area contributed by atoms with Gasteiger partial charge in [-0.3, -0.25) is 14.2 Å². The van der Waals surface area contributed by atoms with Crippen LogP contribution in [0, 0.1) is 5.92 Å². The van der Waals surface area contributed by atoms with E-state index in [0.717, 1.165) is 18.4 Å². The Morgan fingerprint density at radius 1 is 1.05 bits per heavy atom. The van der Waals surface area contributed by atoms with E-state index in [9.17, 15) is 23.5 Å². The lowest BCUT2D eigenvalue weighted by Gasteiger charge is -2.42. The zero-order valence-corrected chi connectivity index (χ0v) is 20.7. The van der Waals surface area contributed by atoms with Crippen molar-refractivity contribution in [1.82, 2.24) is 19.0 Å². The first kappa shape index (κ1) is 24.3. The van der Waals surface area contributed by atoms with Crippen LogP contribution < -0.4 is 5.56 Å². The number of carbonyl (C=O) groups excluding carboxylic acids is 1. The van der Waals surface area contributed by atoms with Crippen molar-refractivity contribution in [2.75, 3.05) is 13.1 Å². The van der Waals surface area contributed by atoms with Crippen molar-refractivity contribution >= 4 is 16.9 Å². The molecule has 1 aromatic carbocycles. The van der Waals surface area contributed by atoms with Gasteiger partial charge in [0.05, 0.1) is 17.5 Å². The molecular formula is C28H32F2N4O3. The first-order valence-electron chi connectivity index (χ1n) is 13.2. The molecule has 2 saturated carbocycles. The summed E-state index contributed by atoms with van der Waals surface area (Å²) in [4.78, 5) is 32.8. The van der Waals surface area contributed by atoms with E-state index in [-0.39, 0.29) is 37.3 Å². The average Bonchev–Trinajstić information content (AvgIpc) is 3.64. The molecule has 9 heteroatoms. The standard InChI is InChI=1S/C28H32F2N4O3/c29-28(30)10-8-21(23(16-28)19-4-2-1-3-5-19)25(35)32-14-11-27(37,12-15-32)17-33-18-31-24-22(26(33)36)9-13-34(24)20-6-7-20/h1-5,9,13,18,20-21,23,37H,6-8,10-12,14-17H2/t21-,23+/m0/s1. The molecule has 2 atom stereocenters. The molecule has 37 heavy (non-hydrogen) atoms. The molecule has 0 spiro atoms. The van der Waals surface area contributed by atoms with Crippen LogP contribution in [0.4, 0.5) is 8.78 Å². The van der Waals surface area contributed by atoms with Gasteiger partial charge in [0.25, 0.3) is 5.56 Å². The lowest BCUT2D eigenvalue weighted by Crippen LogP contribution is -2.52. The highest BCUT2D eigenvalue weighted by atomic mass is 19.3. The van der Waals surface area contributed by atoms with E-state index in [1.165, 1.54) is 10.9 Å². The van der Waals surface area contributed by atoms with Crippen LogP contribution in [-0.4, -0.2) is 54.6 Å². The molecule has 6 rings (SSSR count). The number of rotatable bonds is 5. The van der Waals surface area contributed by atoms with Crippen LogP contribution >= 0.6 is 0 Å². The second kappa shape index (κ2) is 9.04. The number of fused-ring (bicyclic) bond motifs is 1. The lowest BCUT2D eigenvalue weighted by molar-refractivity contribution is -0.145. The van der Waals surface area contributed by atoms with Crippen LogP contribution in [0.15, 0.2) is 53.7 Å². The SMILES string of the molecule is O=C([C@H]1CCC(F)(F)C[C@@H]1c1ccccc1)N1CCC(O)(Cn2cnc3c(ccn3C3CC3)c2=O)CC1. The fourth-order valence-corrected chi connectivity index (χ4v) is 6.17. The second-order valence-corrected chi connectivity index (χ2v) is 11.1. The highest BCUT2D eigenvalue weighted by molar-refractivity contribution is 5.80. The van der Waals surface area contributed by atoms with Gasteiger partial charge in [0.2, 0.25) is 11.8 Å². The summed E-state index contributed by atoms with van der Waals surface area (Å²) < 4.78 is 32.1. The lowest BCUT2D eigenvalue weighted by atomic mass is 9.73. The third-order valence-corrected chi connectivity index (χ3v) is 8.48. The highest BCUT2D eigenvalue weighted by Gasteiger charge is 2.46. The number of likely N-dealkylation sites (tertiary alicyclic amines) is 1. The maximum absolute atomic E-state index is 14.3. The smallest absolute Gasteiger partial charge is 0.262 e. The Labute approximate surface area is 213 Å². The first-order chi connectivity index (χ1) is 17.7. The molecule has 3 aliphatic rings. The maximum atomic E-state index is 14.3. The van der Waals surface area contributed by atoms with E-state index in [4.69, 9.17) is 0 Å². The summed E-state index contributed by atoms with van der Waals surface area (Å²) in [7, 11) is 0. The van der Waals surface area contributed by atoms with Crippen LogP contribution in [-0.2, 0) is 11.3 Å². The van der Waals surface area contributed by atoms with Crippen molar-refractivity contribution in [3.8, 4) is 0 Å². The number of hydrogen-bond donors (Lipinski definition) is 1. The molecular weight excluding hydrogens is 478 g/mol. The summed E-state index contributed by atoms with van der Waals surface area (Å²) in [5, 5.41) is 11.9. The number of aliphatic hydroxyl groups is 1. The van der Waals surface area contributed by atoms with Crippen LogP contribution in [0.2, 0.25) is 0 Å². The molecule has 0 unspecified atom stereocenters. The Bertz CT molecular complexity index is 1360. The molecule has 7 nitrogen and oxygen atoms in total. The van der Waals surface area contributed by atoms with Gasteiger partial charge < -0.3 is 14.6 Å². The quantitative estimate of drug-likeness (QED) is 0.560. The number of hydrogen-bond acceptors (Lipinski definition) is 4. The van der Waals surface area contributed by atoms with Crippen LogP contribution in [0.1, 0.15) is 62.5 Å². The number of halogens is 2. The predicted octanol–water partition coefficient (Wildman–Crippen LogP) is 4.11. The molecule has 0 radical (unpaired) electrons. The number of nitrogens with zero attached hydrogens (tertiary/aromatic N) is 4. The van der Waals surface area contributed by atoms with Crippen LogP contribution in [0.25, 0.3) is 11.0 Å². The molecule has 1 aliphatic heterocycles. The van der Waals surface area contributed by atoms with Crippen LogP contribution in [0.3, 0.4) is 0 Å². The molecule has 3 fully saturated rings. The van der Waals surface area contributed by atoms with Gasteiger partial charge >= 0.3 is 0 Å². The molecule has 1 N–H and O–H groups in total. The van der Waals surface area contributed by atoms with Crippen molar-refractivity contribution in [2.45, 2.75) is 75.0 Å².